The summed E-state index contributed by atoms with van der Waals surface area (Å²) in [6.45, 7) is 4.74. The van der Waals surface area contributed by atoms with Crippen molar-refractivity contribution in [3.8, 4) is 33.4 Å². The SMILES string of the molecule is CC1(C)c2ccccc2-c2ccc(N(c3ccc(-c4ccc(N(c5ccccc5)c5ccccc5)cc4)c(-c4ccccc4)c3)C3C=CC(c4ccccc4)=CC3)cc21. The van der Waals surface area contributed by atoms with Crippen LogP contribution in [0.1, 0.15) is 37.0 Å². The molecular formula is C57H46N2. The van der Waals surface area contributed by atoms with Gasteiger partial charge in [0, 0.05) is 33.9 Å². The fourth-order valence-electron chi connectivity index (χ4n) is 9.20. The Bertz CT molecular complexity index is 2760. The zero-order valence-corrected chi connectivity index (χ0v) is 33.5. The third-order valence-electron chi connectivity index (χ3n) is 12.2. The zero-order chi connectivity index (χ0) is 39.8. The van der Waals surface area contributed by atoms with E-state index in [-0.39, 0.29) is 11.5 Å². The second-order valence-corrected chi connectivity index (χ2v) is 16.1. The molecule has 0 saturated heterocycles. The van der Waals surface area contributed by atoms with Gasteiger partial charge < -0.3 is 9.80 Å². The summed E-state index contributed by atoms with van der Waals surface area (Å²) in [5.41, 5.74) is 18.4. The van der Waals surface area contributed by atoms with E-state index in [1.165, 1.54) is 67.0 Å². The molecular weight excluding hydrogens is 713 g/mol. The molecule has 1 atom stereocenters. The van der Waals surface area contributed by atoms with Gasteiger partial charge in [-0.15, -0.1) is 0 Å². The van der Waals surface area contributed by atoms with E-state index in [0.29, 0.717) is 0 Å². The van der Waals surface area contributed by atoms with Crippen LogP contribution in [0.2, 0.25) is 0 Å². The molecule has 0 fully saturated rings. The van der Waals surface area contributed by atoms with Gasteiger partial charge in [0.25, 0.3) is 0 Å². The Morgan fingerprint density at radius 3 is 1.53 bits per heavy atom. The second kappa shape index (κ2) is 15.3. The lowest BCUT2D eigenvalue weighted by Crippen LogP contribution is -2.30. The molecule has 284 valence electrons. The molecule has 0 heterocycles. The first kappa shape index (κ1) is 36.2. The first-order chi connectivity index (χ1) is 29.0. The molecule has 2 aliphatic carbocycles. The molecule has 8 aromatic carbocycles. The standard InChI is InChI=1S/C57H46N2/c1-57(2)55-26-16-15-25-52(55)53-38-36-50(40-56(53)57)59(48-31-27-42(28-32-48)41-17-7-3-8-18-41)49-35-37-51(54(39-49)43-19-9-4-10-20-43)44-29-33-47(34-30-44)58(45-21-11-5-12-22-45)46-23-13-6-14-24-46/h3-31,33-40,48H,32H2,1-2H3. The van der Waals surface area contributed by atoms with Crippen LogP contribution in [-0.4, -0.2) is 6.04 Å². The summed E-state index contributed by atoms with van der Waals surface area (Å²) in [6, 6.07) is 75.1. The highest BCUT2D eigenvalue weighted by Gasteiger charge is 2.36. The average molecular weight is 759 g/mol. The highest BCUT2D eigenvalue weighted by molar-refractivity contribution is 5.90. The molecule has 2 nitrogen and oxygen atoms in total. The summed E-state index contributed by atoms with van der Waals surface area (Å²) in [5, 5.41) is 0. The lowest BCUT2D eigenvalue weighted by atomic mass is 9.82. The Hall–Kier alpha value is -7.16. The minimum absolute atomic E-state index is 0.0990. The summed E-state index contributed by atoms with van der Waals surface area (Å²) in [7, 11) is 0. The van der Waals surface area contributed by atoms with Gasteiger partial charge in [-0.3, -0.25) is 0 Å². The van der Waals surface area contributed by atoms with Crippen molar-refractivity contribution in [2.75, 3.05) is 9.80 Å². The zero-order valence-electron chi connectivity index (χ0n) is 33.5. The summed E-state index contributed by atoms with van der Waals surface area (Å²) in [5.74, 6) is 0. The number of anilines is 5. The lowest BCUT2D eigenvalue weighted by molar-refractivity contribution is 0.659. The van der Waals surface area contributed by atoms with Gasteiger partial charge in [0.05, 0.1) is 6.04 Å². The van der Waals surface area contributed by atoms with Crippen molar-refractivity contribution in [3.63, 3.8) is 0 Å². The Labute approximate surface area is 348 Å². The molecule has 59 heavy (non-hydrogen) atoms. The molecule has 2 heteroatoms. The van der Waals surface area contributed by atoms with E-state index < -0.39 is 0 Å². The minimum Gasteiger partial charge on any atom is -0.334 e. The lowest BCUT2D eigenvalue weighted by Gasteiger charge is -2.35. The maximum atomic E-state index is 2.56. The van der Waals surface area contributed by atoms with Crippen LogP contribution in [0.3, 0.4) is 0 Å². The smallest absolute Gasteiger partial charge is 0.0560 e. The summed E-state index contributed by atoms with van der Waals surface area (Å²) >= 11 is 0. The number of para-hydroxylation sites is 2. The molecule has 0 bridgehead atoms. The highest BCUT2D eigenvalue weighted by atomic mass is 15.2. The molecule has 10 rings (SSSR count). The number of benzene rings is 8. The normalized spacial score (nSPS) is 14.9. The summed E-state index contributed by atoms with van der Waals surface area (Å²) < 4.78 is 0. The van der Waals surface area contributed by atoms with Crippen LogP contribution in [0.15, 0.2) is 224 Å². The maximum absolute atomic E-state index is 2.56. The fourth-order valence-corrected chi connectivity index (χ4v) is 9.20. The number of allylic oxidation sites excluding steroid dienone is 2. The van der Waals surface area contributed by atoms with E-state index in [4.69, 9.17) is 0 Å². The quantitative estimate of drug-likeness (QED) is 0.145. The molecule has 0 saturated carbocycles. The Kier molecular flexibility index (Phi) is 9.39. The van der Waals surface area contributed by atoms with Gasteiger partial charge in [-0.2, -0.15) is 0 Å². The number of rotatable bonds is 9. The van der Waals surface area contributed by atoms with Crippen LogP contribution in [0.25, 0.3) is 39.0 Å². The minimum atomic E-state index is -0.0990. The topological polar surface area (TPSA) is 6.48 Å². The van der Waals surface area contributed by atoms with E-state index in [1.54, 1.807) is 0 Å². The fraction of sp³-hybridized carbons (Fsp3) is 0.0877. The van der Waals surface area contributed by atoms with Gasteiger partial charge in [-0.1, -0.05) is 178 Å². The molecule has 0 spiro atoms. The molecule has 8 aromatic rings. The van der Waals surface area contributed by atoms with Gasteiger partial charge >= 0.3 is 0 Å². The van der Waals surface area contributed by atoms with E-state index >= 15 is 0 Å². The van der Waals surface area contributed by atoms with Crippen LogP contribution in [0.5, 0.6) is 0 Å². The third-order valence-corrected chi connectivity index (χ3v) is 12.2. The maximum Gasteiger partial charge on any atom is 0.0560 e. The van der Waals surface area contributed by atoms with Crippen molar-refractivity contribution >= 4 is 34.0 Å². The predicted molar refractivity (Wildman–Crippen MR) is 250 cm³/mol. The predicted octanol–water partition coefficient (Wildman–Crippen LogP) is 15.3. The van der Waals surface area contributed by atoms with Crippen LogP contribution in [-0.2, 0) is 5.41 Å². The number of hydrogen-bond acceptors (Lipinski definition) is 2. The van der Waals surface area contributed by atoms with Gasteiger partial charge in [-0.05, 0) is 123 Å². The summed E-state index contributed by atoms with van der Waals surface area (Å²) in [4.78, 5) is 4.87. The first-order valence-corrected chi connectivity index (χ1v) is 20.7. The van der Waals surface area contributed by atoms with Crippen LogP contribution >= 0.6 is 0 Å². The number of fused-ring (bicyclic) bond motifs is 3. The van der Waals surface area contributed by atoms with Gasteiger partial charge in [0.1, 0.15) is 0 Å². The van der Waals surface area contributed by atoms with Crippen molar-refractivity contribution in [3.05, 3.63) is 241 Å². The van der Waals surface area contributed by atoms with Crippen LogP contribution in [0, 0.1) is 0 Å². The summed E-state index contributed by atoms with van der Waals surface area (Å²) in [6.07, 6.45) is 8.01. The molecule has 0 aromatic heterocycles. The van der Waals surface area contributed by atoms with Crippen molar-refractivity contribution in [2.45, 2.75) is 31.7 Å². The van der Waals surface area contributed by atoms with Crippen LogP contribution < -0.4 is 9.80 Å². The monoisotopic (exact) mass is 758 g/mol. The van der Waals surface area contributed by atoms with Crippen LogP contribution in [0.4, 0.5) is 28.4 Å². The van der Waals surface area contributed by atoms with Crippen molar-refractivity contribution in [1.82, 2.24) is 0 Å². The Morgan fingerprint density at radius 2 is 0.898 bits per heavy atom. The van der Waals surface area contributed by atoms with Gasteiger partial charge in [-0.25, -0.2) is 0 Å². The van der Waals surface area contributed by atoms with Crippen molar-refractivity contribution < 1.29 is 0 Å². The second-order valence-electron chi connectivity index (χ2n) is 16.1. The third kappa shape index (κ3) is 6.77. The largest absolute Gasteiger partial charge is 0.334 e. The molecule has 0 amide bonds. The first-order valence-electron chi connectivity index (χ1n) is 20.7. The Balaban J connectivity index is 1.08. The van der Waals surface area contributed by atoms with E-state index in [9.17, 15) is 0 Å². The van der Waals surface area contributed by atoms with E-state index in [0.717, 1.165) is 23.5 Å². The van der Waals surface area contributed by atoms with Crippen molar-refractivity contribution in [2.24, 2.45) is 0 Å². The molecule has 0 radical (unpaired) electrons. The average Bonchev–Trinajstić information content (AvgIpc) is 3.53. The number of hydrogen-bond donors (Lipinski definition) is 0. The molecule has 0 N–H and O–H groups in total. The molecule has 2 aliphatic rings. The highest BCUT2D eigenvalue weighted by Crippen LogP contribution is 2.51. The van der Waals surface area contributed by atoms with E-state index in [1.807, 2.05) is 0 Å². The van der Waals surface area contributed by atoms with Gasteiger partial charge in [0.15, 0.2) is 0 Å². The molecule has 1 unspecified atom stereocenters. The Morgan fingerprint density at radius 1 is 0.407 bits per heavy atom. The number of nitrogens with zero attached hydrogens (tertiary/aromatic N) is 2. The molecule has 0 aliphatic heterocycles. The van der Waals surface area contributed by atoms with E-state index in [2.05, 4.69) is 248 Å². The van der Waals surface area contributed by atoms with Crippen molar-refractivity contribution in [1.29, 1.82) is 0 Å². The van der Waals surface area contributed by atoms with Gasteiger partial charge in [0.2, 0.25) is 0 Å².